The average Bonchev–Trinajstić information content (AvgIpc) is 2.78. The van der Waals surface area contributed by atoms with Gasteiger partial charge in [0.15, 0.2) is 5.82 Å². The van der Waals surface area contributed by atoms with E-state index in [0.717, 1.165) is 31.5 Å². The summed E-state index contributed by atoms with van der Waals surface area (Å²) in [5.41, 5.74) is 5.42. The normalized spacial score (nSPS) is 19.3. The van der Waals surface area contributed by atoms with Crippen LogP contribution in [0.15, 0.2) is 4.52 Å². The van der Waals surface area contributed by atoms with Crippen LogP contribution in [0.5, 0.6) is 0 Å². The van der Waals surface area contributed by atoms with Crippen LogP contribution in [0.4, 0.5) is 0 Å². The summed E-state index contributed by atoms with van der Waals surface area (Å²) in [5.74, 6) is 2.91. The zero-order valence-electron chi connectivity index (χ0n) is 12.5. The van der Waals surface area contributed by atoms with Gasteiger partial charge in [0, 0.05) is 0 Å². The molecule has 1 saturated heterocycles. The van der Waals surface area contributed by atoms with Crippen LogP contribution >= 0.6 is 0 Å². The molecule has 0 bridgehead atoms. The minimum absolute atomic E-state index is 0.535. The van der Waals surface area contributed by atoms with Crippen LogP contribution in [-0.4, -0.2) is 28.1 Å². The number of hydrogen-bond donors (Lipinski definition) is 1. The Morgan fingerprint density at radius 3 is 2.47 bits per heavy atom. The molecule has 0 radical (unpaired) electrons. The Labute approximate surface area is 115 Å². The Balaban J connectivity index is 1.87. The van der Waals surface area contributed by atoms with E-state index in [-0.39, 0.29) is 0 Å². The van der Waals surface area contributed by atoms with Crippen LogP contribution in [0.25, 0.3) is 0 Å². The molecule has 0 spiro atoms. The van der Waals surface area contributed by atoms with Crippen molar-refractivity contribution in [1.82, 2.24) is 15.0 Å². The molecule has 5 nitrogen and oxygen atoms in total. The summed E-state index contributed by atoms with van der Waals surface area (Å²) >= 11 is 0. The van der Waals surface area contributed by atoms with Gasteiger partial charge in [-0.3, -0.25) is 4.90 Å². The van der Waals surface area contributed by atoms with Crippen molar-refractivity contribution in [2.45, 2.75) is 52.6 Å². The Kier molecular flexibility index (Phi) is 4.26. The minimum atomic E-state index is -0.535. The lowest BCUT2D eigenvalue weighted by Gasteiger charge is -2.32. The van der Waals surface area contributed by atoms with Gasteiger partial charge in [-0.2, -0.15) is 4.98 Å². The summed E-state index contributed by atoms with van der Waals surface area (Å²) in [7, 11) is 0. The lowest BCUT2D eigenvalue weighted by atomic mass is 9.87. The Bertz CT molecular complexity index is 400. The van der Waals surface area contributed by atoms with Crippen LogP contribution in [0.3, 0.4) is 0 Å². The molecular formula is C14H26N4O. The van der Waals surface area contributed by atoms with Gasteiger partial charge >= 0.3 is 0 Å². The summed E-state index contributed by atoms with van der Waals surface area (Å²) in [4.78, 5) is 6.77. The third kappa shape index (κ3) is 3.76. The number of rotatable bonds is 4. The van der Waals surface area contributed by atoms with Crippen molar-refractivity contribution >= 4 is 0 Å². The molecule has 0 amide bonds. The third-order valence-corrected chi connectivity index (χ3v) is 3.98. The molecule has 19 heavy (non-hydrogen) atoms. The SMILES string of the molecule is CC(C)C1CCN(Cc2nc(C(C)(C)N)no2)CC1. The minimum Gasteiger partial charge on any atom is -0.338 e. The molecule has 0 saturated carbocycles. The van der Waals surface area contributed by atoms with Crippen molar-refractivity contribution in [2.75, 3.05) is 13.1 Å². The third-order valence-electron chi connectivity index (χ3n) is 3.98. The van der Waals surface area contributed by atoms with Crippen molar-refractivity contribution in [3.63, 3.8) is 0 Å². The summed E-state index contributed by atoms with van der Waals surface area (Å²) in [6, 6.07) is 0. The molecule has 5 heteroatoms. The fraction of sp³-hybridized carbons (Fsp3) is 0.857. The van der Waals surface area contributed by atoms with Gasteiger partial charge in [0.1, 0.15) is 0 Å². The summed E-state index contributed by atoms with van der Waals surface area (Å²) in [6.45, 7) is 11.4. The van der Waals surface area contributed by atoms with Gasteiger partial charge in [-0.25, -0.2) is 0 Å². The smallest absolute Gasteiger partial charge is 0.240 e. The molecule has 0 aliphatic carbocycles. The lowest BCUT2D eigenvalue weighted by Crippen LogP contribution is -2.35. The fourth-order valence-corrected chi connectivity index (χ4v) is 2.55. The monoisotopic (exact) mass is 266 g/mol. The summed E-state index contributed by atoms with van der Waals surface area (Å²) < 4.78 is 5.29. The van der Waals surface area contributed by atoms with Gasteiger partial charge in [0.05, 0.1) is 12.1 Å². The number of hydrogen-bond acceptors (Lipinski definition) is 5. The van der Waals surface area contributed by atoms with Crippen LogP contribution in [0.1, 0.15) is 52.3 Å². The molecular weight excluding hydrogens is 240 g/mol. The second-order valence-corrected chi connectivity index (χ2v) is 6.59. The van der Waals surface area contributed by atoms with Crippen molar-refractivity contribution in [1.29, 1.82) is 0 Å². The Morgan fingerprint density at radius 2 is 2.00 bits per heavy atom. The number of nitrogens with two attached hydrogens (primary N) is 1. The van der Waals surface area contributed by atoms with Crippen molar-refractivity contribution < 1.29 is 4.52 Å². The van der Waals surface area contributed by atoms with E-state index >= 15 is 0 Å². The topological polar surface area (TPSA) is 68.2 Å². The van der Waals surface area contributed by atoms with Crippen molar-refractivity contribution in [2.24, 2.45) is 17.6 Å². The molecule has 0 aromatic carbocycles. The molecule has 1 aliphatic rings. The number of aromatic nitrogens is 2. The van der Waals surface area contributed by atoms with Crippen LogP contribution in [0, 0.1) is 11.8 Å². The van der Waals surface area contributed by atoms with Crippen LogP contribution < -0.4 is 5.73 Å². The highest BCUT2D eigenvalue weighted by Crippen LogP contribution is 2.25. The quantitative estimate of drug-likeness (QED) is 0.904. The van der Waals surface area contributed by atoms with Gasteiger partial charge in [-0.1, -0.05) is 19.0 Å². The number of likely N-dealkylation sites (tertiary alicyclic amines) is 1. The molecule has 2 rings (SSSR count). The molecule has 1 aliphatic heterocycles. The maximum absolute atomic E-state index is 5.96. The van der Waals surface area contributed by atoms with Crippen LogP contribution in [0.2, 0.25) is 0 Å². The largest absolute Gasteiger partial charge is 0.338 e. The van der Waals surface area contributed by atoms with Gasteiger partial charge in [0.2, 0.25) is 5.89 Å². The second-order valence-electron chi connectivity index (χ2n) is 6.59. The number of nitrogens with zero attached hydrogens (tertiary/aromatic N) is 3. The lowest BCUT2D eigenvalue weighted by molar-refractivity contribution is 0.138. The second kappa shape index (κ2) is 5.59. The molecule has 1 fully saturated rings. The van der Waals surface area contributed by atoms with Crippen molar-refractivity contribution in [3.8, 4) is 0 Å². The first-order valence-electron chi connectivity index (χ1n) is 7.20. The first kappa shape index (κ1) is 14.5. The van der Waals surface area contributed by atoms with Gasteiger partial charge < -0.3 is 10.3 Å². The van der Waals surface area contributed by atoms with E-state index in [4.69, 9.17) is 10.3 Å². The van der Waals surface area contributed by atoms with E-state index in [1.807, 2.05) is 13.8 Å². The highest BCUT2D eigenvalue weighted by Gasteiger charge is 2.25. The van der Waals surface area contributed by atoms with Gasteiger partial charge in [0.25, 0.3) is 0 Å². The van der Waals surface area contributed by atoms with E-state index in [9.17, 15) is 0 Å². The average molecular weight is 266 g/mol. The standard InChI is InChI=1S/C14H26N4O/c1-10(2)11-5-7-18(8-6-11)9-12-16-13(17-19-12)14(3,4)15/h10-11H,5-9,15H2,1-4H3. The van der Waals surface area contributed by atoms with Gasteiger partial charge in [-0.05, 0) is 51.6 Å². The molecule has 0 atom stereocenters. The van der Waals surface area contributed by atoms with Gasteiger partial charge in [-0.15, -0.1) is 0 Å². The maximum atomic E-state index is 5.96. The molecule has 2 heterocycles. The predicted molar refractivity (Wildman–Crippen MR) is 74.4 cm³/mol. The summed E-state index contributed by atoms with van der Waals surface area (Å²) in [5, 5.41) is 3.96. The first-order valence-corrected chi connectivity index (χ1v) is 7.20. The zero-order chi connectivity index (χ0) is 14.0. The predicted octanol–water partition coefficient (Wildman–Crippen LogP) is 2.13. The fourth-order valence-electron chi connectivity index (χ4n) is 2.55. The Hall–Kier alpha value is -0.940. The zero-order valence-corrected chi connectivity index (χ0v) is 12.5. The summed E-state index contributed by atoms with van der Waals surface area (Å²) in [6.07, 6.45) is 2.53. The highest BCUT2D eigenvalue weighted by molar-refractivity contribution is 4.99. The van der Waals surface area contributed by atoms with E-state index in [0.29, 0.717) is 11.7 Å². The van der Waals surface area contributed by atoms with E-state index in [2.05, 4.69) is 28.9 Å². The van der Waals surface area contributed by atoms with E-state index in [1.165, 1.54) is 12.8 Å². The molecule has 0 unspecified atom stereocenters. The molecule has 1 aromatic rings. The molecule has 2 N–H and O–H groups in total. The first-order chi connectivity index (χ1) is 8.86. The number of piperidine rings is 1. The van der Waals surface area contributed by atoms with Crippen molar-refractivity contribution in [3.05, 3.63) is 11.7 Å². The Morgan fingerprint density at radius 1 is 1.37 bits per heavy atom. The highest BCUT2D eigenvalue weighted by atomic mass is 16.5. The maximum Gasteiger partial charge on any atom is 0.240 e. The van der Waals surface area contributed by atoms with E-state index in [1.54, 1.807) is 0 Å². The molecule has 1 aromatic heterocycles. The van der Waals surface area contributed by atoms with Crippen LogP contribution in [-0.2, 0) is 12.1 Å². The molecule has 108 valence electrons. The van der Waals surface area contributed by atoms with E-state index < -0.39 is 5.54 Å².